The second-order valence-corrected chi connectivity index (χ2v) is 5.42. The first-order valence-corrected chi connectivity index (χ1v) is 7.23. The number of pyridine rings is 1. The number of aromatic nitrogens is 1. The van der Waals surface area contributed by atoms with E-state index in [-0.39, 0.29) is 34.7 Å². The van der Waals surface area contributed by atoms with Gasteiger partial charge in [-0.25, -0.2) is 4.79 Å². The minimum Gasteiger partial charge on any atom is -0.505 e. The third-order valence-corrected chi connectivity index (χ3v) is 3.94. The van der Waals surface area contributed by atoms with Crippen molar-refractivity contribution in [2.75, 3.05) is 12.4 Å². The number of nitrogens with one attached hydrogen (secondary N) is 1. The molecule has 2 unspecified atom stereocenters. The van der Waals surface area contributed by atoms with Crippen LogP contribution in [0, 0.1) is 5.92 Å². The van der Waals surface area contributed by atoms with Crippen molar-refractivity contribution in [3.8, 4) is 5.75 Å². The molecule has 2 aromatic rings. The summed E-state index contributed by atoms with van der Waals surface area (Å²) < 4.78 is 4.59. The van der Waals surface area contributed by atoms with E-state index in [9.17, 15) is 14.7 Å². The van der Waals surface area contributed by atoms with E-state index in [1.165, 1.54) is 13.2 Å². The van der Waals surface area contributed by atoms with Gasteiger partial charge in [0.05, 0.1) is 12.8 Å². The summed E-state index contributed by atoms with van der Waals surface area (Å²) in [6.45, 7) is 0. The largest absolute Gasteiger partial charge is 0.505 e. The molecule has 2 N–H and O–H groups in total. The lowest BCUT2D eigenvalue weighted by atomic mass is 10.1. The van der Waals surface area contributed by atoms with Crippen molar-refractivity contribution < 1.29 is 19.4 Å². The number of hydrogen-bond donors (Lipinski definition) is 2. The summed E-state index contributed by atoms with van der Waals surface area (Å²) in [5, 5.41) is 12.8. The van der Waals surface area contributed by atoms with Crippen LogP contribution in [-0.4, -0.2) is 29.1 Å². The van der Waals surface area contributed by atoms with Crippen molar-refractivity contribution in [1.82, 2.24) is 4.98 Å². The van der Waals surface area contributed by atoms with E-state index in [0.29, 0.717) is 0 Å². The number of esters is 1. The number of para-hydroxylation sites is 1. The summed E-state index contributed by atoms with van der Waals surface area (Å²) in [6.07, 6.45) is 4.19. The van der Waals surface area contributed by atoms with Gasteiger partial charge in [0.2, 0.25) is 5.91 Å². The number of carbonyl (C=O) groups is 2. The SMILES string of the molecule is COC(=O)c1cccc(NC(=O)C2CC2c2cccnc2)c1O. The third kappa shape index (κ3) is 3.01. The Balaban J connectivity index is 1.71. The predicted molar refractivity (Wildman–Crippen MR) is 83.2 cm³/mol. The number of hydrogen-bond acceptors (Lipinski definition) is 5. The van der Waals surface area contributed by atoms with Gasteiger partial charge in [-0.1, -0.05) is 12.1 Å². The first-order valence-electron chi connectivity index (χ1n) is 7.23. The number of phenolic OH excluding ortho intramolecular Hbond substituents is 1. The average molecular weight is 312 g/mol. The van der Waals surface area contributed by atoms with Crippen LogP contribution in [0.1, 0.15) is 28.3 Å². The minimum atomic E-state index is -0.654. The summed E-state index contributed by atoms with van der Waals surface area (Å²) >= 11 is 0. The number of nitrogens with zero attached hydrogens (tertiary/aromatic N) is 1. The van der Waals surface area contributed by atoms with Crippen molar-refractivity contribution in [2.24, 2.45) is 5.92 Å². The monoisotopic (exact) mass is 312 g/mol. The van der Waals surface area contributed by atoms with E-state index < -0.39 is 5.97 Å². The van der Waals surface area contributed by atoms with Crippen LogP contribution in [0.3, 0.4) is 0 Å². The highest BCUT2D eigenvalue weighted by Gasteiger charge is 2.44. The highest BCUT2D eigenvalue weighted by molar-refractivity contribution is 6.00. The number of rotatable bonds is 4. The highest BCUT2D eigenvalue weighted by Crippen LogP contribution is 2.48. The van der Waals surface area contributed by atoms with Crippen LogP contribution < -0.4 is 5.32 Å². The number of aromatic hydroxyl groups is 1. The van der Waals surface area contributed by atoms with Crippen LogP contribution in [-0.2, 0) is 9.53 Å². The number of ether oxygens (including phenoxy) is 1. The zero-order valence-electron chi connectivity index (χ0n) is 12.5. The van der Waals surface area contributed by atoms with Gasteiger partial charge in [0.15, 0.2) is 5.75 Å². The fourth-order valence-electron chi connectivity index (χ4n) is 2.59. The zero-order chi connectivity index (χ0) is 16.4. The molecule has 0 saturated heterocycles. The van der Waals surface area contributed by atoms with E-state index >= 15 is 0 Å². The van der Waals surface area contributed by atoms with Crippen LogP contribution in [0.25, 0.3) is 0 Å². The molecule has 1 fully saturated rings. The van der Waals surface area contributed by atoms with Gasteiger partial charge in [-0.05, 0) is 36.1 Å². The lowest BCUT2D eigenvalue weighted by molar-refractivity contribution is -0.117. The van der Waals surface area contributed by atoms with Crippen LogP contribution in [0.15, 0.2) is 42.7 Å². The summed E-state index contributed by atoms with van der Waals surface area (Å²) in [4.78, 5) is 27.9. The fourth-order valence-corrected chi connectivity index (χ4v) is 2.59. The molecule has 3 rings (SSSR count). The molecule has 6 heteroatoms. The van der Waals surface area contributed by atoms with Gasteiger partial charge in [-0.3, -0.25) is 9.78 Å². The first kappa shape index (κ1) is 15.0. The first-order chi connectivity index (χ1) is 11.1. The number of carbonyl (C=O) groups excluding carboxylic acids is 2. The Morgan fingerprint density at radius 2 is 2.13 bits per heavy atom. The molecule has 0 aliphatic heterocycles. The summed E-state index contributed by atoms with van der Waals surface area (Å²) in [5.41, 5.74) is 1.25. The maximum absolute atomic E-state index is 12.3. The van der Waals surface area contributed by atoms with Crippen LogP contribution in [0.5, 0.6) is 5.75 Å². The molecule has 118 valence electrons. The second kappa shape index (κ2) is 6.08. The number of anilines is 1. The normalized spacial score (nSPS) is 19.0. The van der Waals surface area contributed by atoms with Crippen LogP contribution in [0.4, 0.5) is 5.69 Å². The van der Waals surface area contributed by atoms with Crippen molar-refractivity contribution >= 4 is 17.6 Å². The van der Waals surface area contributed by atoms with Crippen LogP contribution in [0.2, 0.25) is 0 Å². The van der Waals surface area contributed by atoms with Gasteiger partial charge in [0.1, 0.15) is 5.56 Å². The molecule has 0 bridgehead atoms. The summed E-state index contributed by atoms with van der Waals surface area (Å²) in [5.74, 6) is -1.13. The number of amides is 1. The van der Waals surface area contributed by atoms with E-state index in [0.717, 1.165) is 12.0 Å². The molecule has 1 aliphatic carbocycles. The molecule has 1 amide bonds. The van der Waals surface area contributed by atoms with Gasteiger partial charge >= 0.3 is 5.97 Å². The number of phenols is 1. The lowest BCUT2D eigenvalue weighted by Crippen LogP contribution is -2.15. The Morgan fingerprint density at radius 1 is 1.30 bits per heavy atom. The van der Waals surface area contributed by atoms with Crippen molar-refractivity contribution in [3.05, 3.63) is 53.9 Å². The predicted octanol–water partition coefficient (Wildman–Crippen LogP) is 2.32. The van der Waals surface area contributed by atoms with E-state index in [1.807, 2.05) is 12.1 Å². The molecular weight excluding hydrogens is 296 g/mol. The molecule has 1 aromatic carbocycles. The smallest absolute Gasteiger partial charge is 0.341 e. The maximum atomic E-state index is 12.3. The standard InChI is InChI=1S/C17H16N2O4/c1-23-17(22)11-5-2-6-14(15(11)20)19-16(21)13-8-12(13)10-4-3-7-18-9-10/h2-7,9,12-13,20H,8H2,1H3,(H,19,21). The molecule has 1 heterocycles. The third-order valence-electron chi connectivity index (χ3n) is 3.94. The Labute approximate surface area is 133 Å². The molecule has 23 heavy (non-hydrogen) atoms. The van der Waals surface area contributed by atoms with E-state index in [1.54, 1.807) is 24.5 Å². The average Bonchev–Trinajstić information content (AvgIpc) is 3.37. The molecular formula is C17H16N2O4. The molecule has 1 aliphatic rings. The molecule has 1 saturated carbocycles. The quantitative estimate of drug-likeness (QED) is 0.668. The van der Waals surface area contributed by atoms with Gasteiger partial charge in [-0.2, -0.15) is 0 Å². The minimum absolute atomic E-state index is 0.0184. The van der Waals surface area contributed by atoms with Gasteiger partial charge in [0.25, 0.3) is 0 Å². The van der Waals surface area contributed by atoms with Gasteiger partial charge in [-0.15, -0.1) is 0 Å². The fraction of sp³-hybridized carbons (Fsp3) is 0.235. The number of benzene rings is 1. The topological polar surface area (TPSA) is 88.5 Å². The molecule has 0 spiro atoms. The van der Waals surface area contributed by atoms with Crippen molar-refractivity contribution in [1.29, 1.82) is 0 Å². The zero-order valence-corrected chi connectivity index (χ0v) is 12.5. The summed E-state index contributed by atoms with van der Waals surface area (Å²) in [6, 6.07) is 8.34. The molecule has 6 nitrogen and oxygen atoms in total. The molecule has 2 atom stereocenters. The van der Waals surface area contributed by atoms with Crippen LogP contribution >= 0.6 is 0 Å². The Hall–Kier alpha value is -2.89. The Bertz CT molecular complexity index is 746. The van der Waals surface area contributed by atoms with Crippen molar-refractivity contribution in [2.45, 2.75) is 12.3 Å². The van der Waals surface area contributed by atoms with Gasteiger partial charge in [0, 0.05) is 18.3 Å². The highest BCUT2D eigenvalue weighted by atomic mass is 16.5. The van der Waals surface area contributed by atoms with Crippen molar-refractivity contribution in [3.63, 3.8) is 0 Å². The summed E-state index contributed by atoms with van der Waals surface area (Å²) in [7, 11) is 1.23. The molecule has 1 aromatic heterocycles. The lowest BCUT2D eigenvalue weighted by Gasteiger charge is -2.10. The molecule has 0 radical (unpaired) electrons. The van der Waals surface area contributed by atoms with Gasteiger partial charge < -0.3 is 15.2 Å². The Morgan fingerprint density at radius 3 is 2.83 bits per heavy atom. The number of methoxy groups -OCH3 is 1. The van der Waals surface area contributed by atoms with E-state index in [4.69, 9.17) is 0 Å². The Kier molecular flexibility index (Phi) is 3.97. The maximum Gasteiger partial charge on any atom is 0.341 e. The van der Waals surface area contributed by atoms with E-state index in [2.05, 4.69) is 15.0 Å². The second-order valence-electron chi connectivity index (χ2n) is 5.42.